The molecular weight excluding hydrogens is 216 g/mol. The molecule has 0 saturated heterocycles. The lowest BCUT2D eigenvalue weighted by Gasteiger charge is -2.17. The molecule has 1 aromatic rings. The molecule has 15 heavy (non-hydrogen) atoms. The Morgan fingerprint density at radius 2 is 2.07 bits per heavy atom. The molecule has 6 nitrogen and oxygen atoms in total. The smallest absolute Gasteiger partial charge is 0.155 e. The Kier molecular flexibility index (Phi) is 2.35. The monoisotopic (exact) mass is 228 g/mol. The highest BCUT2D eigenvalue weighted by Crippen LogP contribution is 2.23. The highest BCUT2D eigenvalue weighted by molar-refractivity contribution is 7.90. The summed E-state index contributed by atoms with van der Waals surface area (Å²) in [6.07, 6.45) is 0.400. The van der Waals surface area contributed by atoms with E-state index >= 15 is 0 Å². The summed E-state index contributed by atoms with van der Waals surface area (Å²) >= 11 is 0. The minimum Gasteiger partial charge on any atom is -0.383 e. The lowest BCUT2D eigenvalue weighted by atomic mass is 10.2. The third-order valence-electron chi connectivity index (χ3n) is 2.37. The largest absolute Gasteiger partial charge is 0.383 e. The summed E-state index contributed by atoms with van der Waals surface area (Å²) in [5.74, 6) is 0.772. The van der Waals surface area contributed by atoms with E-state index in [2.05, 4.69) is 9.97 Å². The van der Waals surface area contributed by atoms with Crippen molar-refractivity contribution in [3.8, 4) is 0 Å². The maximum absolute atomic E-state index is 11.4. The molecule has 0 amide bonds. The molecule has 0 saturated carbocycles. The van der Waals surface area contributed by atoms with E-state index < -0.39 is 9.84 Å². The number of hydrogen-bond donors (Lipinski definition) is 2. The van der Waals surface area contributed by atoms with Crippen LogP contribution in [0.15, 0.2) is 0 Å². The minimum absolute atomic E-state index is 0.0565. The zero-order chi connectivity index (χ0) is 11.1. The van der Waals surface area contributed by atoms with E-state index in [4.69, 9.17) is 11.5 Å². The van der Waals surface area contributed by atoms with E-state index in [-0.39, 0.29) is 23.9 Å². The summed E-state index contributed by atoms with van der Waals surface area (Å²) in [7, 11) is -3.03. The summed E-state index contributed by atoms with van der Waals surface area (Å²) < 4.78 is 22.8. The van der Waals surface area contributed by atoms with Crippen LogP contribution >= 0.6 is 0 Å². The Bertz CT molecular complexity index is 498. The van der Waals surface area contributed by atoms with Gasteiger partial charge in [-0.25, -0.2) is 18.4 Å². The molecule has 1 aliphatic heterocycles. The molecule has 0 fully saturated rings. The average Bonchev–Trinajstić information content (AvgIpc) is 2.18. The van der Waals surface area contributed by atoms with Crippen LogP contribution in [0.3, 0.4) is 0 Å². The Balaban J connectivity index is 2.53. The Morgan fingerprint density at radius 1 is 1.33 bits per heavy atom. The number of nitrogen functional groups attached to an aromatic ring is 1. The first kappa shape index (κ1) is 10.3. The molecule has 1 aromatic heterocycles. The number of sulfone groups is 1. The number of aryl methyl sites for hydroxylation is 1. The second-order valence-corrected chi connectivity index (χ2v) is 5.68. The number of rotatable bonds is 1. The fraction of sp³-hybridized carbons (Fsp3) is 0.500. The molecule has 0 radical (unpaired) electrons. The van der Waals surface area contributed by atoms with Crippen LogP contribution in [-0.4, -0.2) is 24.1 Å². The second kappa shape index (κ2) is 3.42. The highest BCUT2D eigenvalue weighted by atomic mass is 32.2. The zero-order valence-electron chi connectivity index (χ0n) is 8.10. The van der Waals surface area contributed by atoms with Crippen LogP contribution < -0.4 is 11.5 Å². The normalized spacial score (nSPS) is 18.5. The molecule has 1 aliphatic rings. The second-order valence-electron chi connectivity index (χ2n) is 3.50. The van der Waals surface area contributed by atoms with Crippen LogP contribution in [0.2, 0.25) is 0 Å². The molecule has 0 aliphatic carbocycles. The van der Waals surface area contributed by atoms with Crippen LogP contribution in [-0.2, 0) is 28.6 Å². The third kappa shape index (κ3) is 1.93. The van der Waals surface area contributed by atoms with Gasteiger partial charge in [0.1, 0.15) is 11.6 Å². The van der Waals surface area contributed by atoms with Gasteiger partial charge in [-0.3, -0.25) is 0 Å². The first-order chi connectivity index (χ1) is 7.02. The molecule has 0 bridgehead atoms. The van der Waals surface area contributed by atoms with Crippen molar-refractivity contribution in [2.75, 3.05) is 11.5 Å². The fourth-order valence-corrected chi connectivity index (χ4v) is 3.01. The third-order valence-corrected chi connectivity index (χ3v) is 3.92. The molecule has 2 rings (SSSR count). The van der Waals surface area contributed by atoms with Crippen molar-refractivity contribution >= 4 is 15.7 Å². The summed E-state index contributed by atoms with van der Waals surface area (Å²) in [5, 5.41) is 0. The topological polar surface area (TPSA) is 112 Å². The molecule has 7 heteroatoms. The van der Waals surface area contributed by atoms with Crippen molar-refractivity contribution in [2.45, 2.75) is 18.7 Å². The number of nitrogens with zero attached hydrogens (tertiary/aromatic N) is 2. The van der Waals surface area contributed by atoms with E-state index in [1.165, 1.54) is 0 Å². The van der Waals surface area contributed by atoms with Crippen LogP contribution in [0.5, 0.6) is 0 Å². The summed E-state index contributed by atoms with van der Waals surface area (Å²) in [4.78, 5) is 8.13. The first-order valence-corrected chi connectivity index (χ1v) is 6.38. The van der Waals surface area contributed by atoms with Crippen LogP contribution in [0, 0.1) is 0 Å². The first-order valence-electron chi connectivity index (χ1n) is 4.56. The van der Waals surface area contributed by atoms with Gasteiger partial charge in [0.05, 0.1) is 23.7 Å². The molecule has 0 atom stereocenters. The van der Waals surface area contributed by atoms with Gasteiger partial charge in [0.2, 0.25) is 0 Å². The molecule has 0 aromatic carbocycles. The van der Waals surface area contributed by atoms with Gasteiger partial charge in [0, 0.05) is 12.0 Å². The Hall–Kier alpha value is -1.21. The predicted molar refractivity (Wildman–Crippen MR) is 55.5 cm³/mol. The summed E-state index contributed by atoms with van der Waals surface area (Å²) in [6.45, 7) is 0.213. The fourth-order valence-electron chi connectivity index (χ4n) is 1.60. The van der Waals surface area contributed by atoms with Crippen LogP contribution in [0.4, 0.5) is 5.82 Å². The minimum atomic E-state index is -3.03. The van der Waals surface area contributed by atoms with E-state index in [1.807, 2.05) is 0 Å². The molecular formula is C8H12N4O2S. The standard InChI is InChI=1S/C8H12N4O2S/c9-3-7-11-6-1-2-15(13,14)4-5(6)8(10)12-7/h1-4,9H2,(H2,10,11,12). The lowest BCUT2D eigenvalue weighted by Crippen LogP contribution is -2.23. The van der Waals surface area contributed by atoms with Crippen molar-refractivity contribution in [1.29, 1.82) is 0 Å². The highest BCUT2D eigenvalue weighted by Gasteiger charge is 2.25. The van der Waals surface area contributed by atoms with E-state index in [0.29, 0.717) is 17.8 Å². The Labute approximate surface area is 87.6 Å². The van der Waals surface area contributed by atoms with E-state index in [0.717, 1.165) is 5.69 Å². The van der Waals surface area contributed by atoms with Crippen molar-refractivity contribution in [1.82, 2.24) is 9.97 Å². The number of hydrogen-bond acceptors (Lipinski definition) is 6. The number of anilines is 1. The molecule has 0 unspecified atom stereocenters. The average molecular weight is 228 g/mol. The summed E-state index contributed by atoms with van der Waals surface area (Å²) in [6, 6.07) is 0. The number of nitrogens with two attached hydrogens (primary N) is 2. The van der Waals surface area contributed by atoms with E-state index in [1.54, 1.807) is 0 Å². The van der Waals surface area contributed by atoms with Crippen molar-refractivity contribution in [2.24, 2.45) is 5.73 Å². The number of fused-ring (bicyclic) bond motifs is 1. The van der Waals surface area contributed by atoms with Gasteiger partial charge in [0.15, 0.2) is 9.84 Å². The molecule has 0 spiro atoms. The maximum Gasteiger partial charge on any atom is 0.155 e. The number of aromatic nitrogens is 2. The van der Waals surface area contributed by atoms with Gasteiger partial charge in [0.25, 0.3) is 0 Å². The van der Waals surface area contributed by atoms with Crippen LogP contribution in [0.1, 0.15) is 17.1 Å². The predicted octanol–water partition coefficient (Wildman–Crippen LogP) is -1.01. The van der Waals surface area contributed by atoms with E-state index in [9.17, 15) is 8.42 Å². The van der Waals surface area contributed by atoms with Crippen molar-refractivity contribution < 1.29 is 8.42 Å². The van der Waals surface area contributed by atoms with Crippen molar-refractivity contribution in [3.63, 3.8) is 0 Å². The quantitative estimate of drug-likeness (QED) is 0.636. The van der Waals surface area contributed by atoms with Gasteiger partial charge >= 0.3 is 0 Å². The van der Waals surface area contributed by atoms with Gasteiger partial charge in [-0.15, -0.1) is 0 Å². The van der Waals surface area contributed by atoms with Gasteiger partial charge in [-0.2, -0.15) is 0 Å². The lowest BCUT2D eigenvalue weighted by molar-refractivity contribution is 0.590. The molecule has 2 heterocycles. The van der Waals surface area contributed by atoms with Crippen LogP contribution in [0.25, 0.3) is 0 Å². The maximum atomic E-state index is 11.4. The van der Waals surface area contributed by atoms with Gasteiger partial charge in [-0.05, 0) is 0 Å². The zero-order valence-corrected chi connectivity index (χ0v) is 8.92. The Morgan fingerprint density at radius 3 is 2.73 bits per heavy atom. The molecule has 4 N–H and O–H groups in total. The van der Waals surface area contributed by atoms with Crippen molar-refractivity contribution in [3.05, 3.63) is 17.1 Å². The van der Waals surface area contributed by atoms with Gasteiger partial charge in [-0.1, -0.05) is 0 Å². The van der Waals surface area contributed by atoms with Gasteiger partial charge < -0.3 is 11.5 Å². The molecule has 82 valence electrons. The SMILES string of the molecule is NCc1nc(N)c2c(n1)CCS(=O)(=O)C2. The summed E-state index contributed by atoms with van der Waals surface area (Å²) in [5.41, 5.74) is 12.3.